The van der Waals surface area contributed by atoms with Crippen LogP contribution in [0.1, 0.15) is 18.1 Å². The molecule has 0 spiro atoms. The lowest BCUT2D eigenvalue weighted by molar-refractivity contribution is 0.0137. The van der Waals surface area contributed by atoms with Crippen molar-refractivity contribution in [3.63, 3.8) is 0 Å². The van der Waals surface area contributed by atoms with Gasteiger partial charge < -0.3 is 15.3 Å². The van der Waals surface area contributed by atoms with Crippen molar-refractivity contribution in [1.29, 1.82) is 0 Å². The molecule has 1 rings (SSSR count). The van der Waals surface area contributed by atoms with Gasteiger partial charge in [-0.2, -0.15) is 0 Å². The molecule has 0 aliphatic carbocycles. The Morgan fingerprint density at radius 1 is 1.41 bits per heavy atom. The first-order chi connectivity index (χ1) is 8.06. The van der Waals surface area contributed by atoms with Crippen molar-refractivity contribution in [2.45, 2.75) is 18.6 Å². The number of aliphatic hydroxyl groups is 2. The van der Waals surface area contributed by atoms with Crippen LogP contribution >= 0.6 is 0 Å². The fourth-order valence-electron chi connectivity index (χ4n) is 1.37. The van der Waals surface area contributed by atoms with Crippen LogP contribution in [0.25, 0.3) is 10.4 Å². The molecule has 1 aromatic carbocycles. The van der Waals surface area contributed by atoms with Gasteiger partial charge in [0.2, 0.25) is 0 Å². The predicted octanol–water partition coefficient (Wildman–Crippen LogP) is 1.63. The van der Waals surface area contributed by atoms with Gasteiger partial charge in [-0.3, -0.25) is 0 Å². The lowest BCUT2D eigenvalue weighted by atomic mass is 10.0. The zero-order valence-electron chi connectivity index (χ0n) is 8.86. The van der Waals surface area contributed by atoms with E-state index in [1.165, 1.54) is 6.07 Å². The number of hydrogen-bond donors (Lipinski definition) is 3. The first-order valence-electron chi connectivity index (χ1n) is 4.91. The van der Waals surface area contributed by atoms with Crippen LogP contribution < -0.4 is 0 Å². The number of aromatic hydroxyl groups is 1. The zero-order chi connectivity index (χ0) is 12.8. The maximum atomic E-state index is 12.7. The molecular formula is C10H12FN3O3. The number of azide groups is 1. The summed E-state index contributed by atoms with van der Waals surface area (Å²) < 4.78 is 12.7. The molecule has 17 heavy (non-hydrogen) atoms. The third-order valence-corrected chi connectivity index (χ3v) is 2.26. The molecule has 2 unspecified atom stereocenters. The van der Waals surface area contributed by atoms with E-state index in [1.807, 2.05) is 0 Å². The molecule has 7 heteroatoms. The topological polar surface area (TPSA) is 109 Å². The summed E-state index contributed by atoms with van der Waals surface area (Å²) in [6.45, 7) is 0.0245. The van der Waals surface area contributed by atoms with E-state index in [2.05, 4.69) is 10.0 Å². The minimum atomic E-state index is -1.36. The number of phenols is 1. The van der Waals surface area contributed by atoms with Crippen molar-refractivity contribution >= 4 is 0 Å². The summed E-state index contributed by atoms with van der Waals surface area (Å²) in [6.07, 6.45) is -2.51. The standard InChI is InChI=1S/C10H12FN3O3/c11-6-1-2-7(9(16)5-6)10(17)8(15)3-4-13-14-12/h1-2,5,8,10,15-17H,3-4H2. The van der Waals surface area contributed by atoms with Gasteiger partial charge in [0.05, 0.1) is 6.10 Å². The van der Waals surface area contributed by atoms with Gasteiger partial charge in [0, 0.05) is 23.1 Å². The van der Waals surface area contributed by atoms with Crippen molar-refractivity contribution in [3.05, 3.63) is 40.0 Å². The van der Waals surface area contributed by atoms with Crippen LogP contribution in [0.3, 0.4) is 0 Å². The van der Waals surface area contributed by atoms with E-state index < -0.39 is 23.8 Å². The number of hydrogen-bond acceptors (Lipinski definition) is 4. The number of phenolic OH excluding ortho intramolecular Hbond substituents is 1. The van der Waals surface area contributed by atoms with Crippen LogP contribution in [0.5, 0.6) is 5.75 Å². The van der Waals surface area contributed by atoms with Crippen molar-refractivity contribution in [2.75, 3.05) is 6.54 Å². The van der Waals surface area contributed by atoms with Gasteiger partial charge in [-0.25, -0.2) is 4.39 Å². The van der Waals surface area contributed by atoms with Crippen LogP contribution in [0.15, 0.2) is 23.3 Å². The second-order valence-corrected chi connectivity index (χ2v) is 3.46. The number of benzene rings is 1. The minimum absolute atomic E-state index is 0.0245. The fraction of sp³-hybridized carbons (Fsp3) is 0.400. The lowest BCUT2D eigenvalue weighted by Gasteiger charge is -2.18. The maximum absolute atomic E-state index is 12.7. The molecule has 3 N–H and O–H groups in total. The second kappa shape index (κ2) is 6.05. The molecule has 0 saturated heterocycles. The highest BCUT2D eigenvalue weighted by molar-refractivity contribution is 5.34. The summed E-state index contributed by atoms with van der Waals surface area (Å²) in [5.41, 5.74) is 8.07. The molecule has 0 amide bonds. The van der Waals surface area contributed by atoms with E-state index in [9.17, 15) is 19.7 Å². The Balaban J connectivity index is 2.73. The second-order valence-electron chi connectivity index (χ2n) is 3.46. The van der Waals surface area contributed by atoms with E-state index in [0.717, 1.165) is 12.1 Å². The van der Waals surface area contributed by atoms with Gasteiger partial charge >= 0.3 is 0 Å². The van der Waals surface area contributed by atoms with E-state index in [-0.39, 0.29) is 18.5 Å². The Bertz CT molecular complexity index is 435. The van der Waals surface area contributed by atoms with Crippen molar-refractivity contribution in [2.24, 2.45) is 5.11 Å². The number of rotatable bonds is 5. The Hall–Kier alpha value is -1.82. The van der Waals surface area contributed by atoms with Crippen molar-refractivity contribution in [3.8, 4) is 5.75 Å². The summed E-state index contributed by atoms with van der Waals surface area (Å²) >= 11 is 0. The summed E-state index contributed by atoms with van der Waals surface area (Å²) in [4.78, 5) is 2.50. The molecule has 92 valence electrons. The Morgan fingerprint density at radius 2 is 2.12 bits per heavy atom. The number of aliphatic hydroxyl groups excluding tert-OH is 2. The molecule has 0 aliphatic rings. The van der Waals surface area contributed by atoms with E-state index in [4.69, 9.17) is 5.53 Å². The van der Waals surface area contributed by atoms with Crippen LogP contribution in [-0.2, 0) is 0 Å². The molecule has 0 bridgehead atoms. The van der Waals surface area contributed by atoms with Crippen LogP contribution in [0.2, 0.25) is 0 Å². The first kappa shape index (κ1) is 13.2. The van der Waals surface area contributed by atoms with Gasteiger partial charge in [-0.15, -0.1) is 0 Å². The molecular weight excluding hydrogens is 229 g/mol. The van der Waals surface area contributed by atoms with Crippen molar-refractivity contribution in [1.82, 2.24) is 0 Å². The smallest absolute Gasteiger partial charge is 0.126 e. The Labute approximate surface area is 96.6 Å². The quantitative estimate of drug-likeness (QED) is 0.414. The fourth-order valence-corrected chi connectivity index (χ4v) is 1.37. The van der Waals surface area contributed by atoms with Gasteiger partial charge in [-0.05, 0) is 24.1 Å². The van der Waals surface area contributed by atoms with Crippen LogP contribution in [0, 0.1) is 5.82 Å². The molecule has 2 atom stereocenters. The summed E-state index contributed by atoms with van der Waals surface area (Å²) in [5.74, 6) is -1.07. The van der Waals surface area contributed by atoms with E-state index in [0.29, 0.717) is 0 Å². The van der Waals surface area contributed by atoms with Crippen LogP contribution in [0.4, 0.5) is 4.39 Å². The minimum Gasteiger partial charge on any atom is -0.507 e. The molecule has 0 radical (unpaired) electrons. The number of halogens is 1. The largest absolute Gasteiger partial charge is 0.507 e. The first-order valence-corrected chi connectivity index (χ1v) is 4.91. The molecule has 0 aromatic heterocycles. The average molecular weight is 241 g/mol. The van der Waals surface area contributed by atoms with Crippen LogP contribution in [-0.4, -0.2) is 28.0 Å². The maximum Gasteiger partial charge on any atom is 0.126 e. The third kappa shape index (κ3) is 3.60. The highest BCUT2D eigenvalue weighted by atomic mass is 19.1. The van der Waals surface area contributed by atoms with E-state index >= 15 is 0 Å². The zero-order valence-corrected chi connectivity index (χ0v) is 8.86. The molecule has 6 nitrogen and oxygen atoms in total. The highest BCUT2D eigenvalue weighted by Crippen LogP contribution is 2.28. The Kier molecular flexibility index (Phi) is 4.71. The summed E-state index contributed by atoms with van der Waals surface area (Å²) in [6, 6.07) is 3.10. The molecule has 0 saturated carbocycles. The molecule has 0 aliphatic heterocycles. The van der Waals surface area contributed by atoms with Gasteiger partial charge in [0.15, 0.2) is 0 Å². The number of nitrogens with zero attached hydrogens (tertiary/aromatic N) is 3. The Morgan fingerprint density at radius 3 is 2.71 bits per heavy atom. The van der Waals surface area contributed by atoms with Crippen molar-refractivity contribution < 1.29 is 19.7 Å². The molecule has 1 aromatic rings. The van der Waals surface area contributed by atoms with E-state index in [1.54, 1.807) is 0 Å². The lowest BCUT2D eigenvalue weighted by Crippen LogP contribution is -2.19. The summed E-state index contributed by atoms with van der Waals surface area (Å²) in [7, 11) is 0. The molecule has 0 fully saturated rings. The average Bonchev–Trinajstić information content (AvgIpc) is 2.28. The molecule has 0 heterocycles. The third-order valence-electron chi connectivity index (χ3n) is 2.26. The predicted molar refractivity (Wildman–Crippen MR) is 57.7 cm³/mol. The SMILES string of the molecule is [N-]=[N+]=NCCC(O)C(O)c1ccc(F)cc1O. The normalized spacial score (nSPS) is 13.8. The van der Waals surface area contributed by atoms with Gasteiger partial charge in [-0.1, -0.05) is 5.11 Å². The highest BCUT2D eigenvalue weighted by Gasteiger charge is 2.20. The van der Waals surface area contributed by atoms with Gasteiger partial charge in [0.1, 0.15) is 17.7 Å². The van der Waals surface area contributed by atoms with Gasteiger partial charge in [0.25, 0.3) is 0 Å². The summed E-state index contributed by atoms with van der Waals surface area (Å²) in [5, 5.41) is 31.8. The monoisotopic (exact) mass is 241 g/mol.